The first-order valence-corrected chi connectivity index (χ1v) is 27.7. The van der Waals surface area contributed by atoms with Crippen molar-refractivity contribution < 1.29 is 23.8 Å². The van der Waals surface area contributed by atoms with E-state index in [4.69, 9.17) is 14.2 Å². The summed E-state index contributed by atoms with van der Waals surface area (Å²) in [6.45, 7) is 7.31. The van der Waals surface area contributed by atoms with Crippen molar-refractivity contribution in [3.05, 3.63) is 170 Å². The molecule has 390 valence electrons. The standard InChI is InChI=1S/C65H100O5/c1-4-7-10-13-16-19-22-25-28-31-33-35-37-40-43-46-49-52-55-58-64(66)69-62-63(61-68-60-57-54-51-48-45-42-39-30-27-24-21-18-15-12-9-6-3)70-65(67)59-56-53-50-47-44-41-38-36-34-32-29-26-23-20-17-14-11-8-5-2/h7-12,16-21,25-30,33-36,40-45,63H,4-6,13-15,22-24,31-32,37-39,46-62H2,1-3H3/b10-7-,11-8-,12-9-,19-16-,20-17-,21-18-,28-25-,29-26-,30-27-,35-33-,36-34-,43-40-,44-41-,45-42-. The molecule has 0 aliphatic rings. The average molecular weight is 962 g/mol. The molecule has 0 amide bonds. The van der Waals surface area contributed by atoms with Crippen molar-refractivity contribution in [1.82, 2.24) is 0 Å². The lowest BCUT2D eigenvalue weighted by Crippen LogP contribution is -2.30. The van der Waals surface area contributed by atoms with Crippen LogP contribution in [0.1, 0.15) is 201 Å². The predicted molar refractivity (Wildman–Crippen MR) is 306 cm³/mol. The molecule has 0 saturated heterocycles. The van der Waals surface area contributed by atoms with Crippen LogP contribution in [-0.4, -0.2) is 37.9 Å². The number of hydrogen-bond donors (Lipinski definition) is 0. The second-order valence-electron chi connectivity index (χ2n) is 17.3. The molecule has 0 saturated carbocycles. The van der Waals surface area contributed by atoms with E-state index in [2.05, 4.69) is 191 Å². The second kappa shape index (κ2) is 58.6. The largest absolute Gasteiger partial charge is 0.462 e. The van der Waals surface area contributed by atoms with Gasteiger partial charge in [-0.2, -0.15) is 0 Å². The lowest BCUT2D eigenvalue weighted by molar-refractivity contribution is -0.163. The van der Waals surface area contributed by atoms with Gasteiger partial charge in [-0.3, -0.25) is 9.59 Å². The van der Waals surface area contributed by atoms with E-state index in [9.17, 15) is 9.59 Å². The minimum absolute atomic E-state index is 0.0283. The summed E-state index contributed by atoms with van der Waals surface area (Å²) in [6, 6.07) is 0. The fourth-order valence-corrected chi connectivity index (χ4v) is 6.73. The predicted octanol–water partition coefficient (Wildman–Crippen LogP) is 19.2. The van der Waals surface area contributed by atoms with Gasteiger partial charge in [0.2, 0.25) is 0 Å². The van der Waals surface area contributed by atoms with Crippen LogP contribution < -0.4 is 0 Å². The first-order chi connectivity index (χ1) is 34.6. The molecule has 0 heterocycles. The molecule has 0 spiro atoms. The number of carbonyl (C=O) groups is 2. The Kier molecular flexibility index (Phi) is 54.6. The molecule has 0 aromatic heterocycles. The van der Waals surface area contributed by atoms with Crippen molar-refractivity contribution in [2.45, 2.75) is 207 Å². The van der Waals surface area contributed by atoms with Gasteiger partial charge < -0.3 is 14.2 Å². The third-order valence-electron chi connectivity index (χ3n) is 10.7. The monoisotopic (exact) mass is 961 g/mol. The zero-order valence-electron chi connectivity index (χ0n) is 44.7. The number of unbranched alkanes of at least 4 members (excludes halogenated alkanes) is 9. The van der Waals surface area contributed by atoms with E-state index in [0.29, 0.717) is 19.4 Å². The van der Waals surface area contributed by atoms with Crippen LogP contribution in [0.3, 0.4) is 0 Å². The minimum Gasteiger partial charge on any atom is -0.462 e. The molecule has 0 N–H and O–H groups in total. The highest BCUT2D eigenvalue weighted by Gasteiger charge is 2.17. The van der Waals surface area contributed by atoms with Gasteiger partial charge in [0.15, 0.2) is 6.10 Å². The van der Waals surface area contributed by atoms with E-state index in [1.165, 1.54) is 0 Å². The summed E-state index contributed by atoms with van der Waals surface area (Å²) < 4.78 is 17.4. The maximum atomic E-state index is 12.9. The molecule has 0 radical (unpaired) electrons. The van der Waals surface area contributed by atoms with Crippen molar-refractivity contribution in [1.29, 1.82) is 0 Å². The quantitative estimate of drug-likeness (QED) is 0.0345. The molecule has 5 heteroatoms. The van der Waals surface area contributed by atoms with E-state index in [0.717, 1.165) is 167 Å². The Morgan fingerprint density at radius 2 is 0.600 bits per heavy atom. The molecule has 70 heavy (non-hydrogen) atoms. The van der Waals surface area contributed by atoms with Gasteiger partial charge in [0.25, 0.3) is 0 Å². The smallest absolute Gasteiger partial charge is 0.306 e. The van der Waals surface area contributed by atoms with E-state index in [1.807, 2.05) is 0 Å². The Hall–Kier alpha value is -4.74. The highest BCUT2D eigenvalue weighted by molar-refractivity contribution is 5.70. The summed E-state index contributed by atoms with van der Waals surface area (Å²) >= 11 is 0. The van der Waals surface area contributed by atoms with Gasteiger partial charge >= 0.3 is 11.9 Å². The zero-order chi connectivity index (χ0) is 50.6. The summed E-state index contributed by atoms with van der Waals surface area (Å²) in [6.07, 6.45) is 88.0. The number of hydrogen-bond acceptors (Lipinski definition) is 5. The Morgan fingerprint density at radius 1 is 0.314 bits per heavy atom. The van der Waals surface area contributed by atoms with Gasteiger partial charge in [-0.25, -0.2) is 0 Å². The molecule has 0 fully saturated rings. The normalized spacial score (nSPS) is 13.6. The van der Waals surface area contributed by atoms with Crippen molar-refractivity contribution >= 4 is 11.9 Å². The van der Waals surface area contributed by atoms with Crippen molar-refractivity contribution in [3.8, 4) is 0 Å². The summed E-state index contributed by atoms with van der Waals surface area (Å²) in [5.41, 5.74) is 0. The molecule has 0 rings (SSSR count). The summed E-state index contributed by atoms with van der Waals surface area (Å²) in [4.78, 5) is 25.5. The SMILES string of the molecule is CC/C=C\C/C=C\C/C=C\C/C=C\C/C=C\CCCCCC(=O)OCC(COCCCCC/C=C\C/C=C\C/C=C\C/C=C\CC)OC(=O)CCCCC/C=C\C/C=C\C/C=C\C/C=C\C/C=C\CC. The second-order valence-corrected chi connectivity index (χ2v) is 17.3. The lowest BCUT2D eigenvalue weighted by Gasteiger charge is -2.18. The molecular formula is C65H100O5. The Balaban J connectivity index is 4.51. The van der Waals surface area contributed by atoms with Gasteiger partial charge in [-0.1, -0.05) is 210 Å². The van der Waals surface area contributed by atoms with Crippen molar-refractivity contribution in [2.75, 3.05) is 19.8 Å². The Bertz CT molecular complexity index is 1600. The zero-order valence-corrected chi connectivity index (χ0v) is 44.7. The molecule has 5 nitrogen and oxygen atoms in total. The number of esters is 2. The van der Waals surface area contributed by atoms with Crippen molar-refractivity contribution in [3.63, 3.8) is 0 Å². The third-order valence-corrected chi connectivity index (χ3v) is 10.7. The summed E-state index contributed by atoms with van der Waals surface area (Å²) in [7, 11) is 0. The summed E-state index contributed by atoms with van der Waals surface area (Å²) in [5.74, 6) is -0.505. The minimum atomic E-state index is -0.600. The maximum Gasteiger partial charge on any atom is 0.306 e. The van der Waals surface area contributed by atoms with E-state index in [1.54, 1.807) is 0 Å². The molecule has 0 aromatic carbocycles. The topological polar surface area (TPSA) is 61.8 Å². The van der Waals surface area contributed by atoms with Crippen LogP contribution in [-0.2, 0) is 23.8 Å². The summed E-state index contributed by atoms with van der Waals surface area (Å²) in [5, 5.41) is 0. The number of ether oxygens (including phenoxy) is 3. The fourth-order valence-electron chi connectivity index (χ4n) is 6.73. The lowest BCUT2D eigenvalue weighted by atomic mass is 10.1. The van der Waals surface area contributed by atoms with Gasteiger partial charge in [-0.05, 0) is 148 Å². The van der Waals surface area contributed by atoms with E-state index < -0.39 is 6.10 Å². The maximum absolute atomic E-state index is 12.9. The first-order valence-electron chi connectivity index (χ1n) is 27.7. The number of carbonyl (C=O) groups excluding carboxylic acids is 2. The van der Waals surface area contributed by atoms with Crippen molar-refractivity contribution in [2.24, 2.45) is 0 Å². The highest BCUT2D eigenvalue weighted by Crippen LogP contribution is 2.11. The molecule has 0 aromatic rings. The van der Waals surface area contributed by atoms with Crippen LogP contribution in [0.15, 0.2) is 170 Å². The fraction of sp³-hybridized carbons (Fsp3) is 0.538. The number of rotatable bonds is 48. The number of allylic oxidation sites excluding steroid dienone is 28. The first kappa shape index (κ1) is 65.3. The van der Waals surface area contributed by atoms with E-state index in [-0.39, 0.29) is 25.2 Å². The highest BCUT2D eigenvalue weighted by atomic mass is 16.6. The molecular weight excluding hydrogens is 861 g/mol. The third kappa shape index (κ3) is 55.9. The van der Waals surface area contributed by atoms with Crippen LogP contribution in [0.5, 0.6) is 0 Å². The van der Waals surface area contributed by atoms with Gasteiger partial charge in [0.1, 0.15) is 6.61 Å². The molecule has 0 aliphatic heterocycles. The average Bonchev–Trinajstić information content (AvgIpc) is 3.36. The molecule has 0 aliphatic carbocycles. The van der Waals surface area contributed by atoms with Crippen LogP contribution in [0.4, 0.5) is 0 Å². The van der Waals surface area contributed by atoms with Gasteiger partial charge in [0.05, 0.1) is 6.61 Å². The van der Waals surface area contributed by atoms with Gasteiger partial charge in [0, 0.05) is 19.4 Å². The molecule has 1 atom stereocenters. The van der Waals surface area contributed by atoms with Crippen LogP contribution in [0, 0.1) is 0 Å². The van der Waals surface area contributed by atoms with Crippen LogP contribution >= 0.6 is 0 Å². The molecule has 0 bridgehead atoms. The Morgan fingerprint density at radius 3 is 0.929 bits per heavy atom. The molecule has 1 unspecified atom stereocenters. The van der Waals surface area contributed by atoms with Crippen LogP contribution in [0.2, 0.25) is 0 Å². The Labute approximate surface area is 430 Å². The van der Waals surface area contributed by atoms with Crippen LogP contribution in [0.25, 0.3) is 0 Å². The van der Waals surface area contributed by atoms with Gasteiger partial charge in [-0.15, -0.1) is 0 Å². The van der Waals surface area contributed by atoms with E-state index >= 15 is 0 Å².